The van der Waals surface area contributed by atoms with Gasteiger partial charge >= 0.3 is 0 Å². The number of hydrogen-bond acceptors (Lipinski definition) is 3. The molecule has 2 aromatic carbocycles. The second kappa shape index (κ2) is 9.25. The number of H-pyrrole nitrogens is 1. The fraction of sp³-hybridized carbons (Fsp3) is 0.0952. The smallest absolute Gasteiger partial charge is 0.257 e. The summed E-state index contributed by atoms with van der Waals surface area (Å²) in [7, 11) is 0. The van der Waals surface area contributed by atoms with Crippen LogP contribution in [0.1, 0.15) is 21.6 Å². The Bertz CT molecular complexity index is 1180. The van der Waals surface area contributed by atoms with E-state index in [0.717, 1.165) is 17.6 Å². The number of hydrogen-bond donors (Lipinski definition) is 4. The summed E-state index contributed by atoms with van der Waals surface area (Å²) >= 11 is 5.06. The van der Waals surface area contributed by atoms with Gasteiger partial charge in [0.15, 0.2) is 11.2 Å². The average molecular weight is 455 g/mol. The Morgan fingerprint density at radius 2 is 2.10 bits per heavy atom. The van der Waals surface area contributed by atoms with Crippen molar-refractivity contribution >= 4 is 52.1 Å². The molecule has 1 atom stereocenters. The zero-order valence-corrected chi connectivity index (χ0v) is 17.8. The van der Waals surface area contributed by atoms with Crippen LogP contribution in [0, 0.1) is 5.41 Å². The van der Waals surface area contributed by atoms with Gasteiger partial charge in [-0.05, 0) is 42.5 Å². The number of nitrogens with one attached hydrogen (secondary N) is 4. The third-order valence-corrected chi connectivity index (χ3v) is 6.22. The minimum Gasteiger partial charge on any atom is -0.360 e. The van der Waals surface area contributed by atoms with Crippen LogP contribution in [-0.2, 0) is 11.2 Å². The number of carbonyl (C=O) groups is 1. The Labute approximate surface area is 186 Å². The first-order chi connectivity index (χ1) is 15.1. The highest BCUT2D eigenvalue weighted by atomic mass is 35.5. The molecule has 1 aliphatic heterocycles. The maximum absolute atomic E-state index is 12.8. The quantitative estimate of drug-likeness (QED) is 0.338. The van der Waals surface area contributed by atoms with Crippen LogP contribution < -0.4 is 14.3 Å². The predicted molar refractivity (Wildman–Crippen MR) is 125 cm³/mol. The Hall–Kier alpha value is -3.27. The molecular formula is C21H19ClN6O2S. The van der Waals surface area contributed by atoms with Crippen LogP contribution in [0.4, 0.5) is 11.4 Å². The van der Waals surface area contributed by atoms with Crippen LogP contribution in [0.15, 0.2) is 65.8 Å². The summed E-state index contributed by atoms with van der Waals surface area (Å²) in [4.78, 5) is 20.0. The summed E-state index contributed by atoms with van der Waals surface area (Å²) in [5, 5.41) is 10.5. The van der Waals surface area contributed by atoms with E-state index in [9.17, 15) is 9.00 Å². The van der Waals surface area contributed by atoms with E-state index in [0.29, 0.717) is 35.7 Å². The van der Waals surface area contributed by atoms with E-state index in [2.05, 4.69) is 20.0 Å². The average Bonchev–Trinajstić information content (AvgIpc) is 3.44. The Morgan fingerprint density at radius 1 is 1.23 bits per heavy atom. The summed E-state index contributed by atoms with van der Waals surface area (Å²) in [5.74, 6) is -0.361. The SMILES string of the molecule is N=CN=C(c1cccc(NC(=O)c2ccc(N3CCNS3=O)cc2Cl)c1)c1ccc[nH]1. The lowest BCUT2D eigenvalue weighted by molar-refractivity contribution is 0.102. The molecular weight excluding hydrogens is 436 g/mol. The first-order valence-corrected chi connectivity index (χ1v) is 10.9. The van der Waals surface area contributed by atoms with E-state index >= 15 is 0 Å². The molecule has 0 aliphatic carbocycles. The second-order valence-electron chi connectivity index (χ2n) is 6.64. The van der Waals surface area contributed by atoms with Crippen LogP contribution in [0.2, 0.25) is 5.02 Å². The molecule has 2 heterocycles. The molecule has 1 amide bonds. The number of benzene rings is 2. The van der Waals surface area contributed by atoms with Gasteiger partial charge in [-0.1, -0.05) is 23.7 Å². The van der Waals surface area contributed by atoms with Crippen molar-refractivity contribution in [1.29, 1.82) is 5.41 Å². The highest BCUT2D eigenvalue weighted by Gasteiger charge is 2.21. The van der Waals surface area contributed by atoms with Crippen molar-refractivity contribution in [3.8, 4) is 0 Å². The van der Waals surface area contributed by atoms with E-state index in [1.54, 1.807) is 46.9 Å². The molecule has 0 saturated carbocycles. The molecule has 1 unspecified atom stereocenters. The monoisotopic (exact) mass is 454 g/mol. The lowest BCUT2D eigenvalue weighted by Gasteiger charge is -2.16. The molecule has 1 fully saturated rings. The van der Waals surface area contributed by atoms with Gasteiger partial charge in [0.2, 0.25) is 0 Å². The fourth-order valence-electron chi connectivity index (χ4n) is 3.25. The number of anilines is 2. The number of aliphatic imine (C=N–C) groups is 1. The normalized spacial score (nSPS) is 16.4. The molecule has 1 aliphatic rings. The number of nitrogens with zero attached hydrogens (tertiary/aromatic N) is 2. The maximum atomic E-state index is 12.8. The molecule has 31 heavy (non-hydrogen) atoms. The number of halogens is 1. The van der Waals surface area contributed by atoms with Gasteiger partial charge in [0.05, 0.1) is 27.7 Å². The number of aromatic nitrogens is 1. The van der Waals surface area contributed by atoms with Crippen LogP contribution >= 0.6 is 11.6 Å². The van der Waals surface area contributed by atoms with Crippen LogP contribution in [0.3, 0.4) is 0 Å². The molecule has 158 valence electrons. The fourth-order valence-corrected chi connectivity index (χ4v) is 4.49. The van der Waals surface area contributed by atoms with Gasteiger partial charge in [-0.15, -0.1) is 0 Å². The van der Waals surface area contributed by atoms with Gasteiger partial charge in [0.1, 0.15) is 6.34 Å². The molecule has 0 spiro atoms. The van der Waals surface area contributed by atoms with Crippen molar-refractivity contribution in [3.63, 3.8) is 0 Å². The Morgan fingerprint density at radius 3 is 2.77 bits per heavy atom. The number of amides is 1. The maximum Gasteiger partial charge on any atom is 0.257 e. The largest absolute Gasteiger partial charge is 0.360 e. The standard InChI is InChI=1S/C21H19ClN6O2S/c22-18-12-16(28-10-9-26-31(28)30)6-7-17(18)21(29)27-15-4-1-3-14(11-15)20(25-13-23)19-5-2-8-24-19/h1-8,11-13,23-24,26H,9-10H2,(H,27,29). The molecule has 4 N–H and O–H groups in total. The van der Waals surface area contributed by atoms with Gasteiger partial charge < -0.3 is 10.3 Å². The lowest BCUT2D eigenvalue weighted by atomic mass is 10.1. The van der Waals surface area contributed by atoms with Gasteiger partial charge in [0, 0.05) is 30.5 Å². The molecule has 1 saturated heterocycles. The van der Waals surface area contributed by atoms with E-state index in [1.807, 2.05) is 18.2 Å². The van der Waals surface area contributed by atoms with Gasteiger partial charge in [0.25, 0.3) is 5.91 Å². The highest BCUT2D eigenvalue weighted by Crippen LogP contribution is 2.26. The van der Waals surface area contributed by atoms with Crippen molar-refractivity contribution in [2.24, 2.45) is 4.99 Å². The second-order valence-corrected chi connectivity index (χ2v) is 8.27. The molecule has 10 heteroatoms. The van der Waals surface area contributed by atoms with E-state index < -0.39 is 11.2 Å². The third-order valence-electron chi connectivity index (χ3n) is 4.67. The van der Waals surface area contributed by atoms with Crippen molar-refractivity contribution in [3.05, 3.63) is 82.6 Å². The summed E-state index contributed by atoms with van der Waals surface area (Å²) < 4.78 is 16.5. The lowest BCUT2D eigenvalue weighted by Crippen LogP contribution is -2.22. The summed E-state index contributed by atoms with van der Waals surface area (Å²) in [6, 6.07) is 15.9. The zero-order valence-electron chi connectivity index (χ0n) is 16.3. The van der Waals surface area contributed by atoms with Crippen molar-refractivity contribution < 1.29 is 9.00 Å². The van der Waals surface area contributed by atoms with Crippen LogP contribution in [0.5, 0.6) is 0 Å². The third kappa shape index (κ3) is 4.58. The zero-order chi connectivity index (χ0) is 21.8. The molecule has 0 radical (unpaired) electrons. The molecule has 3 aromatic rings. The van der Waals surface area contributed by atoms with Gasteiger partial charge in [-0.2, -0.15) is 0 Å². The molecule has 8 nitrogen and oxygen atoms in total. The predicted octanol–water partition coefficient (Wildman–Crippen LogP) is 3.35. The number of carbonyl (C=O) groups excluding carboxylic acids is 1. The minimum atomic E-state index is -1.30. The number of rotatable bonds is 6. The summed E-state index contributed by atoms with van der Waals surface area (Å²) in [6.07, 6.45) is 2.76. The van der Waals surface area contributed by atoms with Crippen molar-refractivity contribution in [1.82, 2.24) is 9.71 Å². The molecule has 0 bridgehead atoms. The summed E-state index contributed by atoms with van der Waals surface area (Å²) in [6.45, 7) is 1.22. The Balaban J connectivity index is 1.55. The van der Waals surface area contributed by atoms with Crippen LogP contribution in [-0.4, -0.2) is 40.2 Å². The van der Waals surface area contributed by atoms with Gasteiger partial charge in [-0.3, -0.25) is 14.5 Å². The van der Waals surface area contributed by atoms with E-state index in [-0.39, 0.29) is 10.9 Å². The molecule has 1 aromatic heterocycles. The topological polar surface area (TPSA) is 113 Å². The Kier molecular flexibility index (Phi) is 6.26. The number of aromatic amines is 1. The van der Waals surface area contributed by atoms with Crippen molar-refractivity contribution in [2.45, 2.75) is 0 Å². The van der Waals surface area contributed by atoms with E-state index in [4.69, 9.17) is 17.0 Å². The van der Waals surface area contributed by atoms with Crippen molar-refractivity contribution in [2.75, 3.05) is 22.7 Å². The first kappa shape index (κ1) is 21.0. The van der Waals surface area contributed by atoms with E-state index in [1.165, 1.54) is 0 Å². The van der Waals surface area contributed by atoms with Crippen LogP contribution in [0.25, 0.3) is 0 Å². The first-order valence-electron chi connectivity index (χ1n) is 9.41. The minimum absolute atomic E-state index is 0.271. The summed E-state index contributed by atoms with van der Waals surface area (Å²) in [5.41, 5.74) is 3.66. The van der Waals surface area contributed by atoms with Gasteiger partial charge in [-0.25, -0.2) is 13.9 Å². The molecule has 4 rings (SSSR count). The highest BCUT2D eigenvalue weighted by molar-refractivity contribution is 7.84.